The minimum absolute atomic E-state index is 0.478. The van der Waals surface area contributed by atoms with Gasteiger partial charge < -0.3 is 4.74 Å². The largest absolute Gasteiger partial charge is 0.442 e. The van der Waals surface area contributed by atoms with Gasteiger partial charge in [0.25, 0.3) is 0 Å². The van der Waals surface area contributed by atoms with E-state index in [0.29, 0.717) is 0 Å². The van der Waals surface area contributed by atoms with Gasteiger partial charge in [-0.3, -0.25) is 4.68 Å². The average Bonchev–Trinajstić information content (AvgIpc) is 3.01. The molecule has 2 heterocycles. The van der Waals surface area contributed by atoms with Crippen LogP contribution in [-0.2, 0) is 11.8 Å². The Morgan fingerprint density at radius 3 is 2.61 bits per heavy atom. The smallest absolute Gasteiger partial charge is 0.435 e. The van der Waals surface area contributed by atoms with Gasteiger partial charge in [-0.2, -0.15) is 14.9 Å². The molecule has 0 aliphatic heterocycles. The van der Waals surface area contributed by atoms with E-state index in [4.69, 9.17) is 4.74 Å². The maximum atomic E-state index is 12.4. The summed E-state index contributed by atoms with van der Waals surface area (Å²) in [5.41, 5.74) is 2.12. The summed E-state index contributed by atoms with van der Waals surface area (Å²) in [7, 11) is 1.87. The summed E-state index contributed by atoms with van der Waals surface area (Å²) in [6.07, 6.45) is 3.24. The number of ether oxygens (including phenoxy) is 1. The summed E-state index contributed by atoms with van der Waals surface area (Å²) in [4.78, 5) is 12.4. The molecule has 3 aromatic rings. The third-order valence-electron chi connectivity index (χ3n) is 3.24. The van der Waals surface area contributed by atoms with Crippen molar-refractivity contribution < 1.29 is 9.53 Å². The molecule has 0 saturated heterocycles. The van der Waals surface area contributed by atoms with Crippen LogP contribution in [0.4, 0.5) is 4.79 Å². The maximum Gasteiger partial charge on any atom is 0.435 e. The molecule has 0 spiro atoms. The Morgan fingerprint density at radius 1 is 1.26 bits per heavy atom. The normalized spacial score (nSPS) is 11.9. The van der Waals surface area contributed by atoms with Gasteiger partial charge in [0.05, 0.1) is 11.7 Å². The fourth-order valence-electron chi connectivity index (χ4n) is 2.27. The number of aryl methyl sites for hydroxylation is 1. The fraction of sp³-hybridized carbons (Fsp3) is 0.312. The number of carbonyl (C=O) groups excluding carboxylic acids is 1. The van der Waals surface area contributed by atoms with Crippen LogP contribution in [0.15, 0.2) is 30.6 Å². The van der Waals surface area contributed by atoms with E-state index >= 15 is 0 Å². The molecule has 0 aliphatic carbocycles. The summed E-state index contributed by atoms with van der Waals surface area (Å²) in [5, 5.41) is 9.43. The zero-order chi connectivity index (χ0) is 16.8. The first kappa shape index (κ1) is 16.0. The lowest BCUT2D eigenvalue weighted by Gasteiger charge is -2.19. The number of fused-ring (bicyclic) bond motifs is 1. The standard InChI is InChI=1S/C16H17IN4O2/c1-16(2,3)23-15(22)21-13-7-10(11-8-18-20(4)9-11)5-6-12(13)14(17)19-21/h5-9H,1-4H3. The summed E-state index contributed by atoms with van der Waals surface area (Å²) in [5.74, 6) is 0. The number of halogens is 1. The zero-order valence-corrected chi connectivity index (χ0v) is 15.5. The van der Waals surface area contributed by atoms with E-state index in [9.17, 15) is 4.79 Å². The topological polar surface area (TPSA) is 61.9 Å². The van der Waals surface area contributed by atoms with Gasteiger partial charge in [-0.05, 0) is 61.1 Å². The second-order valence-electron chi connectivity index (χ2n) is 6.32. The molecule has 1 aromatic carbocycles. The van der Waals surface area contributed by atoms with Crippen molar-refractivity contribution in [3.8, 4) is 11.1 Å². The molecular formula is C16H17IN4O2. The molecule has 0 amide bonds. The zero-order valence-electron chi connectivity index (χ0n) is 13.4. The second-order valence-corrected chi connectivity index (χ2v) is 7.34. The lowest BCUT2D eigenvalue weighted by Crippen LogP contribution is -2.27. The highest BCUT2D eigenvalue weighted by Crippen LogP contribution is 2.27. The van der Waals surface area contributed by atoms with E-state index in [-0.39, 0.29) is 0 Å². The molecule has 0 radical (unpaired) electrons. The third kappa shape index (κ3) is 3.24. The quantitative estimate of drug-likeness (QED) is 0.558. The molecule has 2 aromatic heterocycles. The Kier molecular flexibility index (Phi) is 3.91. The first-order valence-electron chi connectivity index (χ1n) is 7.15. The van der Waals surface area contributed by atoms with Gasteiger partial charge in [0.2, 0.25) is 0 Å². The highest BCUT2D eigenvalue weighted by atomic mass is 127. The molecule has 0 saturated carbocycles. The highest BCUT2D eigenvalue weighted by molar-refractivity contribution is 14.1. The van der Waals surface area contributed by atoms with Gasteiger partial charge in [-0.1, -0.05) is 6.07 Å². The molecular weight excluding hydrogens is 407 g/mol. The monoisotopic (exact) mass is 424 g/mol. The van der Waals surface area contributed by atoms with E-state index in [1.807, 2.05) is 52.2 Å². The number of carbonyl (C=O) groups is 1. The van der Waals surface area contributed by atoms with E-state index in [2.05, 4.69) is 32.8 Å². The van der Waals surface area contributed by atoms with Crippen molar-refractivity contribution in [1.29, 1.82) is 0 Å². The molecule has 0 unspecified atom stereocenters. The van der Waals surface area contributed by atoms with Gasteiger partial charge in [-0.15, -0.1) is 0 Å². The number of hydrogen-bond donors (Lipinski definition) is 0. The molecule has 23 heavy (non-hydrogen) atoms. The van der Waals surface area contributed by atoms with E-state index < -0.39 is 11.7 Å². The molecule has 7 heteroatoms. The molecule has 0 fully saturated rings. The van der Waals surface area contributed by atoms with Crippen molar-refractivity contribution in [2.24, 2.45) is 7.05 Å². The SMILES string of the molecule is Cn1cc(-c2ccc3c(I)nn(C(=O)OC(C)(C)C)c3c2)cn1. The number of aromatic nitrogens is 4. The lowest BCUT2D eigenvalue weighted by molar-refractivity contribution is 0.0522. The van der Waals surface area contributed by atoms with Crippen LogP contribution >= 0.6 is 22.6 Å². The van der Waals surface area contributed by atoms with Crippen molar-refractivity contribution in [3.05, 3.63) is 34.3 Å². The summed E-state index contributed by atoms with van der Waals surface area (Å²) in [6, 6.07) is 5.90. The van der Waals surface area contributed by atoms with Crippen molar-refractivity contribution in [3.63, 3.8) is 0 Å². The van der Waals surface area contributed by atoms with Crippen LogP contribution in [0.5, 0.6) is 0 Å². The average molecular weight is 424 g/mol. The van der Waals surface area contributed by atoms with E-state index in [0.717, 1.165) is 25.7 Å². The Balaban J connectivity index is 2.10. The van der Waals surface area contributed by atoms with Crippen molar-refractivity contribution in [2.45, 2.75) is 26.4 Å². The highest BCUT2D eigenvalue weighted by Gasteiger charge is 2.22. The number of rotatable bonds is 1. The van der Waals surface area contributed by atoms with Gasteiger partial charge in [0.1, 0.15) is 9.30 Å². The predicted octanol–water partition coefficient (Wildman–Crippen LogP) is 3.82. The van der Waals surface area contributed by atoms with Gasteiger partial charge >= 0.3 is 6.09 Å². The molecule has 6 nitrogen and oxygen atoms in total. The van der Waals surface area contributed by atoms with Crippen molar-refractivity contribution in [2.75, 3.05) is 0 Å². The Morgan fingerprint density at radius 2 is 2.00 bits per heavy atom. The predicted molar refractivity (Wildman–Crippen MR) is 96.3 cm³/mol. The molecule has 0 atom stereocenters. The Labute approximate surface area is 147 Å². The number of hydrogen-bond acceptors (Lipinski definition) is 4. The van der Waals surface area contributed by atoms with Crippen LogP contribution < -0.4 is 0 Å². The van der Waals surface area contributed by atoms with Crippen molar-refractivity contribution >= 4 is 39.6 Å². The summed E-state index contributed by atoms with van der Waals surface area (Å²) >= 11 is 2.12. The third-order valence-corrected chi connectivity index (χ3v) is 4.04. The van der Waals surface area contributed by atoms with E-state index in [1.165, 1.54) is 4.68 Å². The van der Waals surface area contributed by atoms with Crippen LogP contribution in [0.25, 0.3) is 22.0 Å². The molecule has 0 aliphatic rings. The van der Waals surface area contributed by atoms with Gasteiger partial charge in [0, 0.05) is 24.2 Å². The fourth-order valence-corrected chi connectivity index (χ4v) is 2.94. The van der Waals surface area contributed by atoms with Gasteiger partial charge in [-0.25, -0.2) is 4.79 Å². The first-order valence-corrected chi connectivity index (χ1v) is 8.23. The van der Waals surface area contributed by atoms with Crippen LogP contribution in [0.1, 0.15) is 20.8 Å². The minimum atomic E-state index is -0.568. The number of nitrogens with zero attached hydrogens (tertiary/aromatic N) is 4. The minimum Gasteiger partial charge on any atom is -0.442 e. The van der Waals surface area contributed by atoms with Crippen LogP contribution in [0.3, 0.4) is 0 Å². The van der Waals surface area contributed by atoms with Crippen molar-refractivity contribution in [1.82, 2.24) is 19.6 Å². The molecule has 0 N–H and O–H groups in total. The first-order chi connectivity index (χ1) is 10.7. The Hall–Kier alpha value is -1.90. The van der Waals surface area contributed by atoms with Crippen LogP contribution in [0.2, 0.25) is 0 Å². The number of benzene rings is 1. The lowest BCUT2D eigenvalue weighted by atomic mass is 10.1. The van der Waals surface area contributed by atoms with E-state index in [1.54, 1.807) is 10.9 Å². The second kappa shape index (κ2) is 5.63. The molecule has 0 bridgehead atoms. The Bertz CT molecular complexity index is 889. The molecule has 3 rings (SSSR count). The summed E-state index contributed by atoms with van der Waals surface area (Å²) < 4.78 is 9.27. The molecule has 120 valence electrons. The van der Waals surface area contributed by atoms with Gasteiger partial charge in [0.15, 0.2) is 0 Å². The van der Waals surface area contributed by atoms with Crippen LogP contribution in [0, 0.1) is 3.70 Å². The van der Waals surface area contributed by atoms with Crippen LogP contribution in [-0.4, -0.2) is 31.3 Å². The summed E-state index contributed by atoms with van der Waals surface area (Å²) in [6.45, 7) is 5.51. The maximum absolute atomic E-state index is 12.4.